The normalized spacial score (nSPS) is 14.3. The lowest BCUT2D eigenvalue weighted by Crippen LogP contribution is -2.38. The van der Waals surface area contributed by atoms with Crippen LogP contribution in [0.2, 0.25) is 5.02 Å². The monoisotopic (exact) mass is 481 g/mol. The lowest BCUT2D eigenvalue weighted by molar-refractivity contribution is -0.121. The van der Waals surface area contributed by atoms with Gasteiger partial charge in [-0.2, -0.15) is 4.31 Å². The maximum Gasteiger partial charge on any atom is 0.244 e. The van der Waals surface area contributed by atoms with Crippen molar-refractivity contribution in [1.29, 1.82) is 0 Å². The number of benzene rings is 2. The van der Waals surface area contributed by atoms with Gasteiger partial charge in [-0.25, -0.2) is 8.42 Å². The highest BCUT2D eigenvalue weighted by Crippen LogP contribution is 2.36. The van der Waals surface area contributed by atoms with Gasteiger partial charge in [0.2, 0.25) is 21.8 Å². The second-order valence-corrected chi connectivity index (χ2v) is 10.4. The molecule has 0 unspecified atom stereocenters. The molecule has 1 aliphatic heterocycles. The molecule has 166 valence electrons. The van der Waals surface area contributed by atoms with E-state index in [4.69, 9.17) is 11.6 Å². The van der Waals surface area contributed by atoms with Crippen LogP contribution < -0.4 is 10.2 Å². The van der Waals surface area contributed by atoms with Gasteiger partial charge in [-0.3, -0.25) is 9.59 Å². The average molecular weight is 482 g/mol. The van der Waals surface area contributed by atoms with E-state index >= 15 is 0 Å². The molecule has 0 aliphatic carbocycles. The summed E-state index contributed by atoms with van der Waals surface area (Å²) in [6.45, 7) is 4.02. The summed E-state index contributed by atoms with van der Waals surface area (Å²) in [6.07, 6.45) is 0.256. The van der Waals surface area contributed by atoms with Crippen molar-refractivity contribution in [3.8, 4) is 0 Å². The Morgan fingerprint density at radius 2 is 1.84 bits per heavy atom. The number of rotatable bonds is 7. The first-order valence-corrected chi connectivity index (χ1v) is 12.7. The van der Waals surface area contributed by atoms with Crippen molar-refractivity contribution < 1.29 is 18.0 Å². The molecule has 31 heavy (non-hydrogen) atoms. The minimum Gasteiger partial charge on any atom is -0.325 e. The van der Waals surface area contributed by atoms with E-state index in [2.05, 4.69) is 5.32 Å². The number of carbonyl (C=O) groups is 2. The Kier molecular flexibility index (Phi) is 7.64. The zero-order valence-electron chi connectivity index (χ0n) is 17.3. The van der Waals surface area contributed by atoms with E-state index in [0.29, 0.717) is 35.2 Å². The molecule has 0 spiro atoms. The van der Waals surface area contributed by atoms with Crippen LogP contribution in [-0.4, -0.2) is 49.9 Å². The second kappa shape index (κ2) is 10.0. The van der Waals surface area contributed by atoms with E-state index in [1.165, 1.54) is 27.0 Å². The molecule has 1 N–H and O–H groups in total. The van der Waals surface area contributed by atoms with Crippen molar-refractivity contribution in [2.24, 2.45) is 0 Å². The molecule has 0 fully saturated rings. The number of amides is 2. The molecular weight excluding hydrogens is 458 g/mol. The molecule has 0 atom stereocenters. The Morgan fingerprint density at radius 1 is 1.16 bits per heavy atom. The largest absolute Gasteiger partial charge is 0.325 e. The van der Waals surface area contributed by atoms with E-state index in [0.717, 1.165) is 4.90 Å². The van der Waals surface area contributed by atoms with E-state index < -0.39 is 10.0 Å². The molecule has 2 amide bonds. The Bertz CT molecular complexity index is 1070. The summed E-state index contributed by atoms with van der Waals surface area (Å²) in [5.41, 5.74) is 0.996. The fraction of sp³-hybridized carbons (Fsp3) is 0.333. The smallest absolute Gasteiger partial charge is 0.244 e. The predicted octanol–water partition coefficient (Wildman–Crippen LogP) is 3.84. The molecule has 0 saturated heterocycles. The minimum atomic E-state index is -3.70. The highest BCUT2D eigenvalue weighted by Gasteiger charge is 2.28. The number of thioether (sulfide) groups is 1. The van der Waals surface area contributed by atoms with E-state index in [1.54, 1.807) is 50.2 Å². The molecule has 1 heterocycles. The molecule has 2 aromatic carbocycles. The fourth-order valence-electron chi connectivity index (χ4n) is 3.27. The first kappa shape index (κ1) is 23.6. The van der Waals surface area contributed by atoms with Crippen LogP contribution in [0.5, 0.6) is 0 Å². The van der Waals surface area contributed by atoms with Crippen LogP contribution >= 0.6 is 23.4 Å². The van der Waals surface area contributed by atoms with Gasteiger partial charge in [-0.15, -0.1) is 11.8 Å². The number of hydrogen-bond donors (Lipinski definition) is 1. The van der Waals surface area contributed by atoms with Crippen molar-refractivity contribution in [2.45, 2.75) is 30.1 Å². The van der Waals surface area contributed by atoms with Gasteiger partial charge in [-0.1, -0.05) is 25.4 Å². The maximum absolute atomic E-state index is 13.0. The van der Waals surface area contributed by atoms with E-state index in [-0.39, 0.29) is 29.7 Å². The Hall–Kier alpha value is -2.07. The topological polar surface area (TPSA) is 86.8 Å². The summed E-state index contributed by atoms with van der Waals surface area (Å²) >= 11 is 7.34. The van der Waals surface area contributed by atoms with Crippen molar-refractivity contribution in [1.82, 2.24) is 4.31 Å². The third kappa shape index (κ3) is 5.41. The van der Waals surface area contributed by atoms with Crippen LogP contribution in [0, 0.1) is 0 Å². The molecule has 0 bridgehead atoms. The van der Waals surface area contributed by atoms with Gasteiger partial charge in [0.25, 0.3) is 0 Å². The molecule has 1 aliphatic rings. The number of nitrogens with one attached hydrogen (secondary N) is 1. The number of carbonyl (C=O) groups excluding carboxylic acids is 2. The summed E-state index contributed by atoms with van der Waals surface area (Å²) in [7, 11) is -3.70. The predicted molar refractivity (Wildman–Crippen MR) is 124 cm³/mol. The number of fused-ring (bicyclic) bond motifs is 1. The minimum absolute atomic E-state index is 0.105. The molecular formula is C21H24ClN3O4S2. The average Bonchev–Trinajstić information content (AvgIpc) is 2.89. The van der Waals surface area contributed by atoms with Crippen LogP contribution in [0.4, 0.5) is 11.4 Å². The van der Waals surface area contributed by atoms with Gasteiger partial charge in [0.05, 0.1) is 10.6 Å². The summed E-state index contributed by atoms with van der Waals surface area (Å²) in [4.78, 5) is 27.7. The number of anilines is 2. The van der Waals surface area contributed by atoms with Crippen molar-refractivity contribution in [3.05, 3.63) is 47.5 Å². The maximum atomic E-state index is 13.0. The van der Waals surface area contributed by atoms with Gasteiger partial charge in [0.1, 0.15) is 6.54 Å². The van der Waals surface area contributed by atoms with Gasteiger partial charge in [0, 0.05) is 40.9 Å². The Balaban J connectivity index is 1.92. The standard InChI is InChI=1S/C21H24ClN3O4S2/c1-3-24(4-2)31(28,29)17-9-10-19-18(13-17)25(21(27)11-12-30-19)14-20(26)23-16-7-5-15(22)6-8-16/h5-10,13H,3-4,11-12,14H2,1-2H3,(H,23,26). The zero-order chi connectivity index (χ0) is 22.6. The molecule has 2 aromatic rings. The first-order valence-electron chi connectivity index (χ1n) is 9.89. The molecule has 10 heteroatoms. The van der Waals surface area contributed by atoms with Gasteiger partial charge < -0.3 is 10.2 Å². The van der Waals surface area contributed by atoms with Crippen molar-refractivity contribution in [2.75, 3.05) is 35.6 Å². The third-order valence-corrected chi connectivity index (χ3v) is 8.23. The summed E-state index contributed by atoms with van der Waals surface area (Å²) < 4.78 is 27.3. The van der Waals surface area contributed by atoms with Crippen LogP contribution in [0.3, 0.4) is 0 Å². The molecule has 0 saturated carbocycles. The molecule has 0 radical (unpaired) electrons. The highest BCUT2D eigenvalue weighted by atomic mass is 35.5. The quantitative estimate of drug-likeness (QED) is 0.649. The third-order valence-electron chi connectivity index (χ3n) is 4.87. The number of sulfonamides is 1. The van der Waals surface area contributed by atoms with Gasteiger partial charge >= 0.3 is 0 Å². The second-order valence-electron chi connectivity index (χ2n) is 6.85. The van der Waals surface area contributed by atoms with Crippen molar-refractivity contribution in [3.63, 3.8) is 0 Å². The van der Waals surface area contributed by atoms with Crippen molar-refractivity contribution >= 4 is 56.6 Å². The van der Waals surface area contributed by atoms with Crippen LogP contribution in [0.25, 0.3) is 0 Å². The van der Waals surface area contributed by atoms with Crippen LogP contribution in [0.15, 0.2) is 52.3 Å². The highest BCUT2D eigenvalue weighted by molar-refractivity contribution is 7.99. The summed E-state index contributed by atoms with van der Waals surface area (Å²) in [6, 6.07) is 11.4. The van der Waals surface area contributed by atoms with E-state index in [1.807, 2.05) is 0 Å². The van der Waals surface area contributed by atoms with Gasteiger partial charge in [-0.05, 0) is 42.5 Å². The molecule has 3 rings (SSSR count). The lowest BCUT2D eigenvalue weighted by Gasteiger charge is -2.24. The fourth-order valence-corrected chi connectivity index (χ4v) is 5.85. The molecule has 7 nitrogen and oxygen atoms in total. The zero-order valence-corrected chi connectivity index (χ0v) is 19.7. The first-order chi connectivity index (χ1) is 14.8. The Morgan fingerprint density at radius 3 is 2.48 bits per heavy atom. The number of nitrogens with zero attached hydrogens (tertiary/aromatic N) is 2. The van der Waals surface area contributed by atoms with Crippen LogP contribution in [-0.2, 0) is 19.6 Å². The number of hydrogen-bond acceptors (Lipinski definition) is 5. The van der Waals surface area contributed by atoms with Crippen LogP contribution in [0.1, 0.15) is 20.3 Å². The SMILES string of the molecule is CCN(CC)S(=O)(=O)c1ccc2c(c1)N(CC(=O)Nc1ccc(Cl)cc1)C(=O)CCS2. The molecule has 0 aromatic heterocycles. The Labute approximate surface area is 191 Å². The lowest BCUT2D eigenvalue weighted by atomic mass is 10.2. The van der Waals surface area contributed by atoms with E-state index in [9.17, 15) is 18.0 Å². The van der Waals surface area contributed by atoms with Gasteiger partial charge in [0.15, 0.2) is 0 Å². The summed E-state index contributed by atoms with van der Waals surface area (Å²) in [5.74, 6) is -0.0519. The summed E-state index contributed by atoms with van der Waals surface area (Å²) in [5, 5.41) is 3.29. The number of halogens is 1.